The number of halogens is 3. The third-order valence-corrected chi connectivity index (χ3v) is 3.26. The van der Waals surface area contributed by atoms with Gasteiger partial charge in [0.05, 0.1) is 22.0 Å². The molecular weight excluding hydrogens is 282 g/mol. The van der Waals surface area contributed by atoms with Gasteiger partial charge in [-0.15, -0.1) is 5.10 Å². The predicted molar refractivity (Wildman–Crippen MR) is 57.0 cm³/mol. The highest BCUT2D eigenvalue weighted by atomic mass is 79.9. The van der Waals surface area contributed by atoms with Crippen LogP contribution in [0.2, 0.25) is 0 Å². The zero-order chi connectivity index (χ0) is 11.3. The molecule has 1 unspecified atom stereocenters. The van der Waals surface area contributed by atoms with Crippen molar-refractivity contribution in [3.8, 4) is 0 Å². The topological polar surface area (TPSA) is 27.1 Å². The summed E-state index contributed by atoms with van der Waals surface area (Å²) in [7, 11) is 0. The van der Waals surface area contributed by atoms with Gasteiger partial charge in [-0.3, -0.25) is 0 Å². The molecule has 2 aromatic rings. The molecule has 0 amide bonds. The number of hydrogen-bond acceptors (Lipinski definition) is 2. The lowest BCUT2D eigenvalue weighted by Gasteiger charge is -2.26. The van der Waals surface area contributed by atoms with Crippen molar-refractivity contribution in [2.75, 3.05) is 6.61 Å². The van der Waals surface area contributed by atoms with Crippen molar-refractivity contribution in [3.05, 3.63) is 28.4 Å². The lowest BCUT2D eigenvalue weighted by molar-refractivity contribution is -0.104. The van der Waals surface area contributed by atoms with E-state index in [1.54, 1.807) is 0 Å². The lowest BCUT2D eigenvalue weighted by atomic mass is 10.2. The Hall–Kier alpha value is -1.01. The summed E-state index contributed by atoms with van der Waals surface area (Å²) in [6.45, 7) is 0.649. The maximum atomic E-state index is 13.5. The van der Waals surface area contributed by atoms with Gasteiger partial charge in [0.25, 0.3) is 0 Å². The number of hydrogen-bond donors (Lipinski definition) is 0. The summed E-state index contributed by atoms with van der Waals surface area (Å²) in [5, 5.41) is 3.91. The van der Waals surface area contributed by atoms with E-state index >= 15 is 0 Å². The summed E-state index contributed by atoms with van der Waals surface area (Å²) < 4.78 is 33.7. The Morgan fingerprint density at radius 1 is 1.44 bits per heavy atom. The normalized spacial score (nSPS) is 20.1. The number of benzene rings is 1. The fourth-order valence-electron chi connectivity index (χ4n) is 1.73. The molecule has 0 aliphatic carbocycles. The van der Waals surface area contributed by atoms with E-state index in [9.17, 15) is 8.78 Å². The van der Waals surface area contributed by atoms with Crippen LogP contribution in [0.3, 0.4) is 0 Å². The molecule has 1 aliphatic heterocycles. The van der Waals surface area contributed by atoms with Gasteiger partial charge in [-0.05, 0) is 28.1 Å². The Bertz CT molecular complexity index is 565. The van der Waals surface area contributed by atoms with Gasteiger partial charge in [0.2, 0.25) is 5.95 Å². The smallest absolute Gasteiger partial charge is 0.240 e. The van der Waals surface area contributed by atoms with Crippen molar-refractivity contribution in [1.29, 1.82) is 0 Å². The summed E-state index contributed by atoms with van der Waals surface area (Å²) in [6, 6.07) is 2.65. The molecule has 1 saturated heterocycles. The second-order valence-corrected chi connectivity index (χ2v) is 4.49. The first kappa shape index (κ1) is 10.2. The number of nitrogens with zero attached hydrogens (tertiary/aromatic N) is 2. The average Bonchev–Trinajstić information content (AvgIpc) is 2.43. The largest absolute Gasteiger partial charge is 0.356 e. The van der Waals surface area contributed by atoms with Gasteiger partial charge in [-0.2, -0.15) is 4.39 Å². The van der Waals surface area contributed by atoms with Crippen LogP contribution in [0.5, 0.6) is 0 Å². The molecule has 6 heteroatoms. The van der Waals surface area contributed by atoms with Crippen molar-refractivity contribution in [3.63, 3.8) is 0 Å². The SMILES string of the molecule is Fc1cc2c(F)nn(C3CCO3)c2cc1Br. The van der Waals surface area contributed by atoms with E-state index in [2.05, 4.69) is 21.0 Å². The molecule has 3 rings (SSSR count). The van der Waals surface area contributed by atoms with Crippen LogP contribution in [0, 0.1) is 11.8 Å². The molecular formula is C10H7BrF2N2O. The Labute approximate surface area is 98.1 Å². The number of ether oxygens (including phenoxy) is 1. The average molecular weight is 289 g/mol. The molecule has 0 spiro atoms. The highest BCUT2D eigenvalue weighted by Gasteiger charge is 2.25. The minimum Gasteiger partial charge on any atom is -0.356 e. The lowest BCUT2D eigenvalue weighted by Crippen LogP contribution is -2.25. The van der Waals surface area contributed by atoms with E-state index in [1.165, 1.54) is 10.7 Å². The Balaban J connectivity index is 2.26. The molecule has 3 nitrogen and oxygen atoms in total. The van der Waals surface area contributed by atoms with Crippen LogP contribution in [-0.2, 0) is 4.74 Å². The first-order valence-electron chi connectivity index (χ1n) is 4.81. The Morgan fingerprint density at radius 2 is 2.19 bits per heavy atom. The third kappa shape index (κ3) is 1.36. The van der Waals surface area contributed by atoms with Crippen LogP contribution in [0.15, 0.2) is 16.6 Å². The van der Waals surface area contributed by atoms with Crippen molar-refractivity contribution in [2.24, 2.45) is 0 Å². The maximum absolute atomic E-state index is 13.5. The van der Waals surface area contributed by atoms with Crippen LogP contribution in [0.1, 0.15) is 12.6 Å². The van der Waals surface area contributed by atoms with Crippen molar-refractivity contribution < 1.29 is 13.5 Å². The van der Waals surface area contributed by atoms with E-state index in [0.717, 1.165) is 12.5 Å². The Kier molecular flexibility index (Phi) is 2.22. The highest BCUT2D eigenvalue weighted by molar-refractivity contribution is 9.10. The molecule has 2 heterocycles. The molecule has 16 heavy (non-hydrogen) atoms. The second-order valence-electron chi connectivity index (χ2n) is 3.63. The second kappa shape index (κ2) is 3.49. The van der Waals surface area contributed by atoms with Crippen LogP contribution in [0.4, 0.5) is 8.78 Å². The van der Waals surface area contributed by atoms with E-state index in [4.69, 9.17) is 4.74 Å². The molecule has 1 atom stereocenters. The first-order valence-corrected chi connectivity index (χ1v) is 5.60. The standard InChI is InChI=1S/C10H7BrF2N2O/c11-6-4-8-5(3-7(6)12)10(13)14-15(8)9-1-2-16-9/h3-4,9H,1-2H2. The van der Waals surface area contributed by atoms with Gasteiger partial charge in [-0.25, -0.2) is 9.07 Å². The van der Waals surface area contributed by atoms with Gasteiger partial charge < -0.3 is 4.74 Å². The summed E-state index contributed by atoms with van der Waals surface area (Å²) in [5.41, 5.74) is 0.537. The van der Waals surface area contributed by atoms with Crippen LogP contribution >= 0.6 is 15.9 Å². The summed E-state index contributed by atoms with van der Waals surface area (Å²) in [6.07, 6.45) is 0.565. The van der Waals surface area contributed by atoms with E-state index in [1.807, 2.05) is 0 Å². The number of rotatable bonds is 1. The van der Waals surface area contributed by atoms with E-state index < -0.39 is 11.8 Å². The van der Waals surface area contributed by atoms with Crippen LogP contribution < -0.4 is 0 Å². The molecule has 1 aromatic carbocycles. The van der Waals surface area contributed by atoms with Gasteiger partial charge >= 0.3 is 0 Å². The molecule has 0 radical (unpaired) electrons. The zero-order valence-electron chi connectivity index (χ0n) is 8.08. The number of aromatic nitrogens is 2. The molecule has 1 aromatic heterocycles. The minimum absolute atomic E-state index is 0.177. The fraction of sp³-hybridized carbons (Fsp3) is 0.300. The highest BCUT2D eigenvalue weighted by Crippen LogP contribution is 2.31. The quantitative estimate of drug-likeness (QED) is 0.807. The Morgan fingerprint density at radius 3 is 2.81 bits per heavy atom. The van der Waals surface area contributed by atoms with Crippen molar-refractivity contribution in [1.82, 2.24) is 9.78 Å². The number of fused-ring (bicyclic) bond motifs is 1. The maximum Gasteiger partial charge on any atom is 0.240 e. The molecule has 1 fully saturated rings. The first-order chi connectivity index (χ1) is 7.66. The van der Waals surface area contributed by atoms with Gasteiger partial charge in [0, 0.05) is 6.42 Å². The molecule has 0 saturated carbocycles. The fourth-order valence-corrected chi connectivity index (χ4v) is 2.06. The minimum atomic E-state index is -0.670. The third-order valence-electron chi connectivity index (χ3n) is 2.65. The monoisotopic (exact) mass is 288 g/mol. The van der Waals surface area contributed by atoms with Crippen molar-refractivity contribution in [2.45, 2.75) is 12.6 Å². The molecule has 0 bridgehead atoms. The van der Waals surface area contributed by atoms with Gasteiger partial charge in [0.1, 0.15) is 5.82 Å². The summed E-state index contributed by atoms with van der Waals surface area (Å²) in [4.78, 5) is 0. The summed E-state index contributed by atoms with van der Waals surface area (Å²) >= 11 is 3.07. The van der Waals surface area contributed by atoms with Crippen LogP contribution in [0.25, 0.3) is 10.9 Å². The zero-order valence-corrected chi connectivity index (χ0v) is 9.67. The molecule has 1 aliphatic rings. The van der Waals surface area contributed by atoms with E-state index in [0.29, 0.717) is 16.6 Å². The predicted octanol–water partition coefficient (Wildman–Crippen LogP) is 3.00. The van der Waals surface area contributed by atoms with E-state index in [-0.39, 0.29) is 11.6 Å². The van der Waals surface area contributed by atoms with Gasteiger partial charge in [-0.1, -0.05) is 0 Å². The van der Waals surface area contributed by atoms with Gasteiger partial charge in [0.15, 0.2) is 6.23 Å². The van der Waals surface area contributed by atoms with Crippen molar-refractivity contribution >= 4 is 26.8 Å². The molecule has 84 valence electrons. The summed E-state index contributed by atoms with van der Waals surface area (Å²) in [5.74, 6) is -1.17. The molecule has 0 N–H and O–H groups in total. The van der Waals surface area contributed by atoms with Crippen LogP contribution in [-0.4, -0.2) is 16.4 Å².